The number of halogens is 2. The predicted octanol–water partition coefficient (Wildman–Crippen LogP) is 5.10. The van der Waals surface area contributed by atoms with Crippen molar-refractivity contribution in [3.8, 4) is 11.5 Å². The second-order valence-electron chi connectivity index (χ2n) is 5.24. The molecule has 0 N–H and O–H groups in total. The minimum atomic E-state index is -0.407. The number of hydrogen-bond donors (Lipinski definition) is 0. The fraction of sp³-hybridized carbons (Fsp3) is 0.105. The standard InChI is InChI=1S/C19H14BrClO4/c1-23-17-9-11(8-15(20)18(17)24-2)7-13-10-16(25-19(13)22)12-3-5-14(21)6-4-12/h3-10H,1-2H3. The number of rotatable bonds is 4. The normalized spacial score (nSPS) is 15.1. The van der Waals surface area contributed by atoms with Crippen molar-refractivity contribution >= 4 is 45.3 Å². The summed E-state index contributed by atoms with van der Waals surface area (Å²) in [7, 11) is 3.12. The van der Waals surface area contributed by atoms with E-state index in [1.54, 1.807) is 56.7 Å². The highest BCUT2D eigenvalue weighted by molar-refractivity contribution is 9.10. The molecule has 3 rings (SSSR count). The van der Waals surface area contributed by atoms with Crippen LogP contribution in [0.25, 0.3) is 11.8 Å². The van der Waals surface area contributed by atoms with E-state index in [-0.39, 0.29) is 0 Å². The molecule has 0 bridgehead atoms. The number of esters is 1. The summed E-state index contributed by atoms with van der Waals surface area (Å²) in [5.41, 5.74) is 2.02. The van der Waals surface area contributed by atoms with Crippen LogP contribution in [0.4, 0.5) is 0 Å². The molecular formula is C19H14BrClO4. The van der Waals surface area contributed by atoms with Gasteiger partial charge in [0.25, 0.3) is 0 Å². The van der Waals surface area contributed by atoms with E-state index in [1.165, 1.54) is 0 Å². The van der Waals surface area contributed by atoms with E-state index >= 15 is 0 Å². The Labute approximate surface area is 158 Å². The van der Waals surface area contributed by atoms with Crippen LogP contribution in [0.2, 0.25) is 5.02 Å². The van der Waals surface area contributed by atoms with Crippen molar-refractivity contribution in [1.82, 2.24) is 0 Å². The average molecular weight is 422 g/mol. The first kappa shape index (κ1) is 17.6. The SMILES string of the molecule is COc1cc(C=C2C=C(c3ccc(Cl)cc3)OC2=O)cc(Br)c1OC. The van der Waals surface area contributed by atoms with Gasteiger partial charge in [0.2, 0.25) is 0 Å². The lowest BCUT2D eigenvalue weighted by molar-refractivity contribution is -0.130. The lowest BCUT2D eigenvalue weighted by Crippen LogP contribution is -1.97. The number of cyclic esters (lactones) is 1. The van der Waals surface area contributed by atoms with Gasteiger partial charge in [0, 0.05) is 10.6 Å². The molecule has 1 aliphatic heterocycles. The van der Waals surface area contributed by atoms with Gasteiger partial charge in [-0.05, 0) is 70.0 Å². The first-order valence-electron chi connectivity index (χ1n) is 7.35. The molecule has 0 atom stereocenters. The Morgan fingerprint density at radius 3 is 2.48 bits per heavy atom. The van der Waals surface area contributed by atoms with Crippen LogP contribution in [-0.2, 0) is 9.53 Å². The maximum Gasteiger partial charge on any atom is 0.343 e. The molecule has 0 saturated heterocycles. The zero-order valence-corrected chi connectivity index (χ0v) is 15.8. The molecule has 0 saturated carbocycles. The summed E-state index contributed by atoms with van der Waals surface area (Å²) in [5, 5.41) is 0.625. The van der Waals surface area contributed by atoms with Gasteiger partial charge in [-0.15, -0.1) is 0 Å². The third-order valence-corrected chi connectivity index (χ3v) is 4.47. The number of hydrogen-bond acceptors (Lipinski definition) is 4. The van der Waals surface area contributed by atoms with Crippen molar-refractivity contribution in [2.45, 2.75) is 0 Å². The average Bonchev–Trinajstić information content (AvgIpc) is 2.95. The molecular weight excluding hydrogens is 408 g/mol. The third-order valence-electron chi connectivity index (χ3n) is 3.63. The summed E-state index contributed by atoms with van der Waals surface area (Å²) < 4.78 is 16.7. The molecule has 0 aromatic heterocycles. The van der Waals surface area contributed by atoms with Gasteiger partial charge in [-0.25, -0.2) is 4.79 Å². The summed E-state index contributed by atoms with van der Waals surface area (Å²) in [6, 6.07) is 10.7. The van der Waals surface area contributed by atoms with Gasteiger partial charge in [0.05, 0.1) is 24.3 Å². The fourth-order valence-electron chi connectivity index (χ4n) is 2.45. The molecule has 128 valence electrons. The van der Waals surface area contributed by atoms with Crippen LogP contribution in [-0.4, -0.2) is 20.2 Å². The molecule has 6 heteroatoms. The van der Waals surface area contributed by atoms with Crippen LogP contribution in [0.5, 0.6) is 11.5 Å². The molecule has 1 aliphatic rings. The van der Waals surface area contributed by atoms with Crippen molar-refractivity contribution in [3.05, 3.63) is 68.7 Å². The first-order chi connectivity index (χ1) is 12.0. The van der Waals surface area contributed by atoms with E-state index in [0.717, 1.165) is 15.6 Å². The minimum Gasteiger partial charge on any atom is -0.493 e. The van der Waals surface area contributed by atoms with Crippen molar-refractivity contribution < 1.29 is 19.0 Å². The number of ether oxygens (including phenoxy) is 3. The van der Waals surface area contributed by atoms with E-state index in [2.05, 4.69) is 15.9 Å². The van der Waals surface area contributed by atoms with Crippen molar-refractivity contribution in [2.24, 2.45) is 0 Å². The van der Waals surface area contributed by atoms with Crippen molar-refractivity contribution in [1.29, 1.82) is 0 Å². The molecule has 2 aromatic rings. The Hall–Kier alpha value is -2.24. The number of methoxy groups -OCH3 is 2. The summed E-state index contributed by atoms with van der Waals surface area (Å²) in [6.07, 6.45) is 3.44. The lowest BCUT2D eigenvalue weighted by atomic mass is 10.1. The van der Waals surface area contributed by atoms with Gasteiger partial charge in [0.1, 0.15) is 5.76 Å². The van der Waals surface area contributed by atoms with Gasteiger partial charge in [-0.2, -0.15) is 0 Å². The topological polar surface area (TPSA) is 44.8 Å². The Kier molecular flexibility index (Phi) is 5.16. The Morgan fingerprint density at radius 2 is 1.84 bits per heavy atom. The minimum absolute atomic E-state index is 0.407. The molecule has 2 aromatic carbocycles. The van der Waals surface area contributed by atoms with E-state index in [0.29, 0.717) is 27.9 Å². The second-order valence-corrected chi connectivity index (χ2v) is 6.53. The van der Waals surface area contributed by atoms with E-state index < -0.39 is 5.97 Å². The van der Waals surface area contributed by atoms with Crippen molar-refractivity contribution in [2.75, 3.05) is 14.2 Å². The maximum absolute atomic E-state index is 12.2. The number of carbonyl (C=O) groups excluding carboxylic acids is 1. The van der Waals surface area contributed by atoms with Gasteiger partial charge in [-0.3, -0.25) is 0 Å². The first-order valence-corrected chi connectivity index (χ1v) is 8.52. The Bertz CT molecular complexity index is 885. The number of benzene rings is 2. The van der Waals surface area contributed by atoms with Crippen LogP contribution >= 0.6 is 27.5 Å². The molecule has 0 spiro atoms. The summed E-state index contributed by atoms with van der Waals surface area (Å²) in [5.74, 6) is 1.25. The maximum atomic E-state index is 12.2. The fourth-order valence-corrected chi connectivity index (χ4v) is 3.19. The number of carbonyl (C=O) groups is 1. The van der Waals surface area contributed by atoms with Crippen LogP contribution < -0.4 is 9.47 Å². The molecule has 1 heterocycles. The molecule has 0 fully saturated rings. The van der Waals surface area contributed by atoms with Crippen LogP contribution in [0.3, 0.4) is 0 Å². The molecule has 4 nitrogen and oxygen atoms in total. The van der Waals surface area contributed by atoms with Crippen LogP contribution in [0.15, 0.2) is 52.5 Å². The van der Waals surface area contributed by atoms with Gasteiger partial charge < -0.3 is 14.2 Å². The zero-order valence-electron chi connectivity index (χ0n) is 13.5. The van der Waals surface area contributed by atoms with E-state index in [1.807, 2.05) is 6.07 Å². The highest BCUT2D eigenvalue weighted by atomic mass is 79.9. The predicted molar refractivity (Wildman–Crippen MR) is 101 cm³/mol. The van der Waals surface area contributed by atoms with Gasteiger partial charge >= 0.3 is 5.97 Å². The Morgan fingerprint density at radius 1 is 1.12 bits per heavy atom. The quantitative estimate of drug-likeness (QED) is 0.509. The monoisotopic (exact) mass is 420 g/mol. The smallest absolute Gasteiger partial charge is 0.343 e. The van der Waals surface area contributed by atoms with Gasteiger partial charge in [0.15, 0.2) is 11.5 Å². The highest BCUT2D eigenvalue weighted by Crippen LogP contribution is 2.37. The lowest BCUT2D eigenvalue weighted by Gasteiger charge is -2.10. The Balaban J connectivity index is 1.97. The van der Waals surface area contributed by atoms with E-state index in [9.17, 15) is 4.79 Å². The summed E-state index contributed by atoms with van der Waals surface area (Å²) >= 11 is 9.33. The largest absolute Gasteiger partial charge is 0.493 e. The van der Waals surface area contributed by atoms with Gasteiger partial charge in [-0.1, -0.05) is 11.6 Å². The molecule has 0 aliphatic carbocycles. The summed E-state index contributed by atoms with van der Waals surface area (Å²) in [4.78, 5) is 12.2. The molecule has 0 amide bonds. The molecule has 25 heavy (non-hydrogen) atoms. The van der Waals surface area contributed by atoms with Crippen LogP contribution in [0, 0.1) is 0 Å². The highest BCUT2D eigenvalue weighted by Gasteiger charge is 2.22. The van der Waals surface area contributed by atoms with Crippen LogP contribution in [0.1, 0.15) is 11.1 Å². The van der Waals surface area contributed by atoms with Crippen molar-refractivity contribution in [3.63, 3.8) is 0 Å². The molecule has 0 radical (unpaired) electrons. The second kappa shape index (κ2) is 7.33. The molecule has 0 unspecified atom stereocenters. The van der Waals surface area contributed by atoms with E-state index in [4.69, 9.17) is 25.8 Å². The third kappa shape index (κ3) is 3.72. The summed E-state index contributed by atoms with van der Waals surface area (Å²) in [6.45, 7) is 0. The zero-order chi connectivity index (χ0) is 18.0.